The third-order valence-corrected chi connectivity index (χ3v) is 5.14. The number of aromatic nitrogens is 4. The number of rotatable bonds is 6. The molecule has 0 aromatic carbocycles. The van der Waals surface area contributed by atoms with Crippen LogP contribution in [0.4, 0.5) is 5.95 Å². The molecule has 3 aromatic rings. The first-order valence-corrected chi connectivity index (χ1v) is 9.53. The van der Waals surface area contributed by atoms with Gasteiger partial charge in [0, 0.05) is 43.5 Å². The highest BCUT2D eigenvalue weighted by molar-refractivity contribution is 5.76. The van der Waals surface area contributed by atoms with Crippen molar-refractivity contribution < 1.29 is 9.32 Å². The highest BCUT2D eigenvalue weighted by Crippen LogP contribution is 2.20. The average molecular weight is 380 g/mol. The molecule has 8 heteroatoms. The van der Waals surface area contributed by atoms with E-state index in [1.165, 1.54) is 0 Å². The molecular formula is C20H24N6O2. The topological polar surface area (TPSA) is 99.9 Å². The Balaban J connectivity index is 1.32. The minimum absolute atomic E-state index is 0.0490. The van der Waals surface area contributed by atoms with Gasteiger partial charge in [0.25, 0.3) is 0 Å². The number of hydrogen-bond acceptors (Lipinski definition) is 6. The third-order valence-electron chi connectivity index (χ3n) is 5.14. The number of anilines is 1. The number of carbonyl (C=O) groups excluding carboxylic acids is 1. The number of H-pyrrole nitrogens is 1. The molecule has 146 valence electrons. The molecule has 1 saturated heterocycles. The molecule has 4 rings (SSSR count). The van der Waals surface area contributed by atoms with E-state index in [-0.39, 0.29) is 11.9 Å². The number of hydrogen-bond donors (Lipinski definition) is 2. The van der Waals surface area contributed by atoms with Crippen LogP contribution in [-0.2, 0) is 11.2 Å². The molecule has 1 aliphatic rings. The van der Waals surface area contributed by atoms with Crippen molar-refractivity contribution in [2.75, 3.05) is 18.0 Å². The van der Waals surface area contributed by atoms with E-state index in [1.54, 1.807) is 6.20 Å². The summed E-state index contributed by atoms with van der Waals surface area (Å²) < 4.78 is 5.16. The zero-order valence-electron chi connectivity index (χ0n) is 16.1. The van der Waals surface area contributed by atoms with Crippen molar-refractivity contribution in [3.63, 3.8) is 0 Å². The summed E-state index contributed by atoms with van der Waals surface area (Å²) in [4.78, 5) is 26.7. The molecule has 1 fully saturated rings. The molecule has 28 heavy (non-hydrogen) atoms. The second-order valence-corrected chi connectivity index (χ2v) is 7.13. The van der Waals surface area contributed by atoms with E-state index in [1.807, 2.05) is 38.2 Å². The number of nitrogens with zero attached hydrogens (tertiary/aromatic N) is 4. The molecule has 0 spiro atoms. The maximum absolute atomic E-state index is 12.4. The van der Waals surface area contributed by atoms with Crippen LogP contribution >= 0.6 is 0 Å². The van der Waals surface area contributed by atoms with Gasteiger partial charge in [-0.1, -0.05) is 5.16 Å². The lowest BCUT2D eigenvalue weighted by Gasteiger charge is -2.17. The van der Waals surface area contributed by atoms with Crippen LogP contribution in [0.3, 0.4) is 0 Å². The highest BCUT2D eigenvalue weighted by Gasteiger charge is 2.26. The third kappa shape index (κ3) is 3.90. The van der Waals surface area contributed by atoms with E-state index < -0.39 is 0 Å². The molecule has 1 atom stereocenters. The van der Waals surface area contributed by atoms with Crippen LogP contribution < -0.4 is 10.2 Å². The second-order valence-electron chi connectivity index (χ2n) is 7.13. The van der Waals surface area contributed by atoms with Crippen LogP contribution in [0.1, 0.15) is 29.9 Å². The molecule has 3 aromatic heterocycles. The molecule has 1 aliphatic heterocycles. The maximum atomic E-state index is 12.4. The summed E-state index contributed by atoms with van der Waals surface area (Å²) in [6.45, 7) is 5.32. The Morgan fingerprint density at radius 1 is 1.39 bits per heavy atom. The largest absolute Gasteiger partial charge is 0.361 e. The lowest BCUT2D eigenvalue weighted by atomic mass is 10.1. The Morgan fingerprint density at radius 2 is 2.29 bits per heavy atom. The van der Waals surface area contributed by atoms with E-state index in [0.717, 1.165) is 41.4 Å². The quantitative estimate of drug-likeness (QED) is 0.681. The molecule has 8 nitrogen and oxygen atoms in total. The molecule has 0 radical (unpaired) electrons. The van der Waals surface area contributed by atoms with Crippen molar-refractivity contribution in [3.05, 3.63) is 47.6 Å². The van der Waals surface area contributed by atoms with Crippen molar-refractivity contribution in [3.8, 4) is 11.4 Å². The van der Waals surface area contributed by atoms with E-state index in [4.69, 9.17) is 4.52 Å². The minimum Gasteiger partial charge on any atom is -0.361 e. The number of nitrogens with one attached hydrogen (secondary N) is 2. The monoisotopic (exact) mass is 380 g/mol. The summed E-state index contributed by atoms with van der Waals surface area (Å²) in [5, 5.41) is 7.07. The summed E-state index contributed by atoms with van der Waals surface area (Å²) >= 11 is 0. The van der Waals surface area contributed by atoms with Gasteiger partial charge in [-0.15, -0.1) is 0 Å². The summed E-state index contributed by atoms with van der Waals surface area (Å²) in [6, 6.07) is 5.92. The molecule has 1 unspecified atom stereocenters. The maximum Gasteiger partial charge on any atom is 0.225 e. The van der Waals surface area contributed by atoms with Gasteiger partial charge in [0.2, 0.25) is 11.9 Å². The van der Waals surface area contributed by atoms with Crippen LogP contribution in [0.5, 0.6) is 0 Å². The van der Waals surface area contributed by atoms with E-state index in [2.05, 4.69) is 30.3 Å². The first kappa shape index (κ1) is 18.2. The van der Waals surface area contributed by atoms with Crippen molar-refractivity contribution in [1.29, 1.82) is 0 Å². The number of aromatic amines is 1. The summed E-state index contributed by atoms with van der Waals surface area (Å²) in [7, 11) is 0. The summed E-state index contributed by atoms with van der Waals surface area (Å²) in [5.41, 5.74) is 3.71. The van der Waals surface area contributed by atoms with Gasteiger partial charge in [0.15, 0.2) is 0 Å². The molecule has 0 saturated carbocycles. The summed E-state index contributed by atoms with van der Waals surface area (Å²) in [5.74, 6) is 1.53. The van der Waals surface area contributed by atoms with E-state index in [0.29, 0.717) is 25.3 Å². The van der Waals surface area contributed by atoms with E-state index in [9.17, 15) is 4.79 Å². The van der Waals surface area contributed by atoms with Crippen molar-refractivity contribution >= 4 is 11.9 Å². The molecule has 0 bridgehead atoms. The SMILES string of the molecule is Cc1noc(C)c1CCC(=O)NC1CCN(c2nccc(-c3ccc[nH]3)n2)C1. The van der Waals surface area contributed by atoms with Crippen LogP contribution in [0, 0.1) is 13.8 Å². The predicted octanol–water partition coefficient (Wildman–Crippen LogP) is 2.40. The second kappa shape index (κ2) is 7.84. The first-order valence-electron chi connectivity index (χ1n) is 9.53. The van der Waals surface area contributed by atoms with Crippen LogP contribution in [0.25, 0.3) is 11.4 Å². The Labute approximate surface area is 163 Å². The predicted molar refractivity (Wildman–Crippen MR) is 105 cm³/mol. The van der Waals surface area contributed by atoms with Gasteiger partial charge in [-0.25, -0.2) is 9.97 Å². The summed E-state index contributed by atoms with van der Waals surface area (Å²) in [6.07, 6.45) is 5.60. The minimum atomic E-state index is 0.0490. The Bertz CT molecular complexity index is 930. The smallest absolute Gasteiger partial charge is 0.225 e. The zero-order chi connectivity index (χ0) is 19.5. The lowest BCUT2D eigenvalue weighted by molar-refractivity contribution is -0.121. The molecule has 2 N–H and O–H groups in total. The Hall–Kier alpha value is -3.16. The normalized spacial score (nSPS) is 16.5. The fourth-order valence-electron chi connectivity index (χ4n) is 3.60. The molecule has 4 heterocycles. The van der Waals surface area contributed by atoms with Crippen molar-refractivity contribution in [2.24, 2.45) is 0 Å². The zero-order valence-corrected chi connectivity index (χ0v) is 16.1. The van der Waals surface area contributed by atoms with Crippen LogP contribution in [-0.4, -0.2) is 45.1 Å². The molecule has 1 amide bonds. The number of aryl methyl sites for hydroxylation is 2. The highest BCUT2D eigenvalue weighted by atomic mass is 16.5. The van der Waals surface area contributed by atoms with Gasteiger partial charge in [-0.3, -0.25) is 4.79 Å². The van der Waals surface area contributed by atoms with Crippen LogP contribution in [0.15, 0.2) is 35.1 Å². The van der Waals surface area contributed by atoms with Gasteiger partial charge in [0.05, 0.1) is 17.1 Å². The van der Waals surface area contributed by atoms with Crippen molar-refractivity contribution in [1.82, 2.24) is 25.4 Å². The molecular weight excluding hydrogens is 356 g/mol. The Morgan fingerprint density at radius 3 is 3.04 bits per heavy atom. The van der Waals surface area contributed by atoms with Crippen molar-refractivity contribution in [2.45, 2.75) is 39.2 Å². The van der Waals surface area contributed by atoms with Gasteiger partial charge in [0.1, 0.15) is 5.76 Å². The fourth-order valence-corrected chi connectivity index (χ4v) is 3.60. The van der Waals surface area contributed by atoms with E-state index >= 15 is 0 Å². The fraction of sp³-hybridized carbons (Fsp3) is 0.400. The number of carbonyl (C=O) groups is 1. The first-order chi connectivity index (χ1) is 13.6. The van der Waals surface area contributed by atoms with Gasteiger partial charge in [-0.2, -0.15) is 0 Å². The average Bonchev–Trinajstić information content (AvgIpc) is 3.43. The lowest BCUT2D eigenvalue weighted by Crippen LogP contribution is -2.37. The van der Waals surface area contributed by atoms with Gasteiger partial charge in [-0.05, 0) is 44.9 Å². The number of amides is 1. The van der Waals surface area contributed by atoms with Crippen LogP contribution in [0.2, 0.25) is 0 Å². The van der Waals surface area contributed by atoms with Gasteiger partial charge < -0.3 is 19.7 Å². The van der Waals surface area contributed by atoms with Gasteiger partial charge >= 0.3 is 0 Å². The molecule has 0 aliphatic carbocycles. The standard InChI is InChI=1S/C20H24N6O2/c1-13-16(14(2)28-25-13)5-6-19(27)23-15-8-11-26(12-15)20-22-10-7-18(24-20)17-4-3-9-21-17/h3-4,7,9-10,15,21H,5-6,8,11-12H2,1-2H3,(H,23,27). The Kier molecular flexibility index (Phi) is 5.10.